The molecule has 1 unspecified atom stereocenters. The lowest BCUT2D eigenvalue weighted by Gasteiger charge is -2.16. The van der Waals surface area contributed by atoms with Gasteiger partial charge < -0.3 is 10.1 Å². The molecule has 1 rings (SSSR count). The van der Waals surface area contributed by atoms with E-state index in [1.807, 2.05) is 12.1 Å². The second-order valence-electron chi connectivity index (χ2n) is 3.64. The molecule has 0 aromatic carbocycles. The quantitative estimate of drug-likeness (QED) is 0.833. The summed E-state index contributed by atoms with van der Waals surface area (Å²) < 4.78 is 40.2. The molecule has 1 aromatic heterocycles. The number of hydrogen-bond acceptors (Lipinski definition) is 3. The number of halogens is 3. The van der Waals surface area contributed by atoms with Crippen LogP contribution in [-0.4, -0.2) is 37.5 Å². The van der Waals surface area contributed by atoms with Crippen molar-refractivity contribution in [2.75, 3.05) is 20.3 Å². The lowest BCUT2D eigenvalue weighted by Crippen LogP contribution is -2.34. The molecule has 17 heavy (non-hydrogen) atoms. The summed E-state index contributed by atoms with van der Waals surface area (Å²) in [6.45, 7) is -1.21. The minimum atomic E-state index is -4.27. The molecule has 0 radical (unpaired) electrons. The van der Waals surface area contributed by atoms with Gasteiger partial charge in [-0.3, -0.25) is 4.98 Å². The topological polar surface area (TPSA) is 34.1 Å². The van der Waals surface area contributed by atoms with E-state index >= 15 is 0 Å². The van der Waals surface area contributed by atoms with Gasteiger partial charge in [-0.05, 0) is 19.2 Å². The highest BCUT2D eigenvalue weighted by Crippen LogP contribution is 2.14. The predicted octanol–water partition coefficient (Wildman–Crippen LogP) is 1.79. The summed E-state index contributed by atoms with van der Waals surface area (Å²) >= 11 is 0. The van der Waals surface area contributed by atoms with Crippen LogP contribution in [0.3, 0.4) is 0 Å². The third-order valence-electron chi connectivity index (χ3n) is 2.17. The normalized spacial score (nSPS) is 13.6. The monoisotopic (exact) mass is 248 g/mol. The van der Waals surface area contributed by atoms with Gasteiger partial charge >= 0.3 is 6.18 Å². The number of likely N-dealkylation sites (N-methyl/N-ethyl adjacent to an activating group) is 1. The van der Waals surface area contributed by atoms with Crippen LogP contribution in [0.4, 0.5) is 13.2 Å². The first-order valence-corrected chi connectivity index (χ1v) is 5.23. The third kappa shape index (κ3) is 6.23. The zero-order valence-corrected chi connectivity index (χ0v) is 9.50. The molecule has 0 amide bonds. The van der Waals surface area contributed by atoms with Gasteiger partial charge in [0.2, 0.25) is 0 Å². The Morgan fingerprint density at radius 3 is 2.71 bits per heavy atom. The molecule has 0 saturated heterocycles. The maximum atomic E-state index is 11.9. The van der Waals surface area contributed by atoms with Crippen molar-refractivity contribution in [1.82, 2.24) is 10.3 Å². The van der Waals surface area contributed by atoms with Crippen molar-refractivity contribution in [1.29, 1.82) is 0 Å². The van der Waals surface area contributed by atoms with Crippen LogP contribution in [0.2, 0.25) is 0 Å². The number of rotatable bonds is 6. The van der Waals surface area contributed by atoms with E-state index in [4.69, 9.17) is 0 Å². The van der Waals surface area contributed by atoms with Crippen LogP contribution in [0, 0.1) is 0 Å². The maximum absolute atomic E-state index is 11.9. The Hall–Kier alpha value is -1.14. The number of nitrogens with one attached hydrogen (secondary N) is 1. The van der Waals surface area contributed by atoms with Crippen molar-refractivity contribution >= 4 is 0 Å². The summed E-state index contributed by atoms with van der Waals surface area (Å²) in [5.41, 5.74) is 0.822. The fourth-order valence-electron chi connectivity index (χ4n) is 1.33. The zero-order chi connectivity index (χ0) is 12.7. The minimum Gasteiger partial charge on any atom is -0.370 e. The lowest BCUT2D eigenvalue weighted by molar-refractivity contribution is -0.175. The van der Waals surface area contributed by atoms with Crippen molar-refractivity contribution in [3.05, 3.63) is 30.1 Å². The van der Waals surface area contributed by atoms with E-state index in [2.05, 4.69) is 15.0 Å². The highest BCUT2D eigenvalue weighted by Gasteiger charge is 2.27. The Morgan fingerprint density at radius 1 is 1.41 bits per heavy atom. The molecule has 0 aliphatic rings. The second-order valence-corrected chi connectivity index (χ2v) is 3.64. The fourth-order valence-corrected chi connectivity index (χ4v) is 1.33. The smallest absolute Gasteiger partial charge is 0.370 e. The molecule has 1 atom stereocenters. The molecule has 1 aromatic rings. The van der Waals surface area contributed by atoms with Gasteiger partial charge in [-0.2, -0.15) is 13.2 Å². The van der Waals surface area contributed by atoms with E-state index < -0.39 is 12.8 Å². The van der Waals surface area contributed by atoms with Crippen molar-refractivity contribution < 1.29 is 17.9 Å². The lowest BCUT2D eigenvalue weighted by atomic mass is 10.1. The average molecular weight is 248 g/mol. The Bertz CT molecular complexity index is 316. The van der Waals surface area contributed by atoms with E-state index in [0.717, 1.165) is 5.69 Å². The van der Waals surface area contributed by atoms with E-state index in [-0.39, 0.29) is 12.6 Å². The first-order chi connectivity index (χ1) is 8.01. The molecule has 96 valence electrons. The van der Waals surface area contributed by atoms with Gasteiger partial charge in [0, 0.05) is 24.4 Å². The largest absolute Gasteiger partial charge is 0.411 e. The predicted molar refractivity (Wildman–Crippen MR) is 57.7 cm³/mol. The van der Waals surface area contributed by atoms with Gasteiger partial charge in [-0.25, -0.2) is 0 Å². The number of alkyl halides is 3. The molecule has 0 fully saturated rings. The molecular formula is C11H15F3N2O. The van der Waals surface area contributed by atoms with Gasteiger partial charge in [0.25, 0.3) is 0 Å². The van der Waals surface area contributed by atoms with Crippen LogP contribution in [0.5, 0.6) is 0 Å². The van der Waals surface area contributed by atoms with Gasteiger partial charge in [0.1, 0.15) is 6.61 Å². The van der Waals surface area contributed by atoms with E-state index in [1.54, 1.807) is 19.3 Å². The Labute approximate surface area is 98.0 Å². The van der Waals surface area contributed by atoms with Crippen LogP contribution in [0.1, 0.15) is 5.69 Å². The maximum Gasteiger partial charge on any atom is 0.411 e. The molecule has 0 saturated carbocycles. The minimum absolute atomic E-state index is 0.00653. The van der Waals surface area contributed by atoms with Gasteiger partial charge in [-0.15, -0.1) is 0 Å². The van der Waals surface area contributed by atoms with E-state index in [1.165, 1.54) is 0 Å². The van der Waals surface area contributed by atoms with Crippen molar-refractivity contribution in [3.63, 3.8) is 0 Å². The molecule has 1 heterocycles. The summed E-state index contributed by atoms with van der Waals surface area (Å²) in [5.74, 6) is 0. The van der Waals surface area contributed by atoms with Crippen LogP contribution in [0.25, 0.3) is 0 Å². The first kappa shape index (κ1) is 13.9. The van der Waals surface area contributed by atoms with E-state index in [0.29, 0.717) is 6.42 Å². The van der Waals surface area contributed by atoms with Crippen LogP contribution in [-0.2, 0) is 11.2 Å². The zero-order valence-electron chi connectivity index (χ0n) is 9.50. The number of aromatic nitrogens is 1. The highest BCUT2D eigenvalue weighted by molar-refractivity contribution is 5.05. The van der Waals surface area contributed by atoms with Crippen molar-refractivity contribution in [3.8, 4) is 0 Å². The Morgan fingerprint density at radius 2 is 2.18 bits per heavy atom. The highest BCUT2D eigenvalue weighted by atomic mass is 19.4. The van der Waals surface area contributed by atoms with Crippen molar-refractivity contribution in [2.45, 2.75) is 18.6 Å². The third-order valence-corrected chi connectivity index (χ3v) is 2.17. The van der Waals surface area contributed by atoms with Crippen LogP contribution < -0.4 is 5.32 Å². The average Bonchev–Trinajstić information content (AvgIpc) is 2.27. The fraction of sp³-hybridized carbons (Fsp3) is 0.545. The summed E-state index contributed by atoms with van der Waals surface area (Å²) in [4.78, 5) is 4.11. The molecule has 0 bridgehead atoms. The van der Waals surface area contributed by atoms with Crippen molar-refractivity contribution in [2.24, 2.45) is 0 Å². The Kier molecular flexibility index (Phi) is 5.37. The Balaban J connectivity index is 2.34. The molecule has 1 N–H and O–H groups in total. The molecule has 3 nitrogen and oxygen atoms in total. The van der Waals surface area contributed by atoms with Gasteiger partial charge in [0.15, 0.2) is 0 Å². The number of nitrogens with zero attached hydrogens (tertiary/aromatic N) is 1. The molecule has 0 aliphatic carbocycles. The molecule has 0 aliphatic heterocycles. The van der Waals surface area contributed by atoms with Crippen LogP contribution >= 0.6 is 0 Å². The SMILES string of the molecule is CNC(COCC(F)(F)F)Cc1ccccn1. The van der Waals surface area contributed by atoms with Gasteiger partial charge in [-0.1, -0.05) is 6.07 Å². The van der Waals surface area contributed by atoms with Gasteiger partial charge in [0.05, 0.1) is 6.61 Å². The van der Waals surface area contributed by atoms with Crippen LogP contribution in [0.15, 0.2) is 24.4 Å². The molecule has 0 spiro atoms. The number of ether oxygens (including phenoxy) is 1. The summed E-state index contributed by atoms with van der Waals surface area (Å²) in [7, 11) is 1.69. The molecular weight excluding hydrogens is 233 g/mol. The standard InChI is InChI=1S/C11H15F3N2O/c1-15-10(7-17-8-11(12,13)14)6-9-4-2-3-5-16-9/h2-5,10,15H,6-8H2,1H3. The summed E-state index contributed by atoms with van der Waals surface area (Å²) in [6, 6.07) is 5.28. The molecule has 6 heteroatoms. The summed E-state index contributed by atoms with van der Waals surface area (Å²) in [6.07, 6.45) is -2.09. The van der Waals surface area contributed by atoms with E-state index in [9.17, 15) is 13.2 Å². The summed E-state index contributed by atoms with van der Waals surface area (Å²) in [5, 5.41) is 2.90. The first-order valence-electron chi connectivity index (χ1n) is 5.23. The number of hydrogen-bond donors (Lipinski definition) is 1. The second kappa shape index (κ2) is 6.56. The number of pyridine rings is 1.